The summed E-state index contributed by atoms with van der Waals surface area (Å²) in [5.41, 5.74) is 1.59. The number of amides is 1. The molecule has 1 unspecified atom stereocenters. The van der Waals surface area contributed by atoms with Crippen molar-refractivity contribution in [2.75, 3.05) is 24.6 Å². The number of hydrogen-bond donors (Lipinski definition) is 1. The Kier molecular flexibility index (Phi) is 9.96. The molecule has 2 aliphatic rings. The van der Waals surface area contributed by atoms with Crippen molar-refractivity contribution in [3.63, 3.8) is 0 Å². The first kappa shape index (κ1) is 34.4. The zero-order chi connectivity index (χ0) is 34.8. The number of carbonyl (C=O) groups is 1. The molecule has 12 heteroatoms. The Morgan fingerprint density at radius 2 is 1.69 bits per heavy atom. The number of benzene rings is 2. The highest BCUT2D eigenvalue weighted by atomic mass is 19.4. The van der Waals surface area contributed by atoms with Crippen LogP contribution in [0.4, 0.5) is 28.2 Å². The molecule has 2 aromatic carbocycles. The number of alkyl carbamates (subject to hydrolysis) is 1. The third-order valence-corrected chi connectivity index (χ3v) is 8.76. The van der Waals surface area contributed by atoms with Crippen molar-refractivity contribution in [1.82, 2.24) is 20.1 Å². The highest BCUT2D eigenvalue weighted by molar-refractivity contribution is 6.00. The average Bonchev–Trinajstić information content (AvgIpc) is 3.40. The first-order valence-electron chi connectivity index (χ1n) is 16.7. The lowest BCUT2D eigenvalue weighted by Gasteiger charge is -2.33. The number of allylic oxidation sites excluding steroid dienone is 1. The molecule has 4 aromatic rings. The summed E-state index contributed by atoms with van der Waals surface area (Å²) in [4.78, 5) is 19.0. The Balaban J connectivity index is 1.34. The number of rotatable bonds is 7. The molecule has 2 saturated heterocycles. The van der Waals surface area contributed by atoms with Crippen molar-refractivity contribution >= 4 is 34.0 Å². The molecule has 2 aliphatic heterocycles. The van der Waals surface area contributed by atoms with Crippen molar-refractivity contribution in [3.8, 4) is 0 Å². The molecule has 1 amide bonds. The summed E-state index contributed by atoms with van der Waals surface area (Å²) in [6.07, 6.45) is -1.06. The lowest BCUT2D eigenvalue weighted by Crippen LogP contribution is -2.46. The van der Waals surface area contributed by atoms with Crippen LogP contribution < -0.4 is 10.2 Å². The van der Waals surface area contributed by atoms with E-state index < -0.39 is 36.5 Å². The number of aromatic nitrogens is 3. The number of anilines is 1. The normalized spacial score (nSPS) is 18.3. The fraction of sp³-hybridized carbons (Fsp3) is 0.432. The largest absolute Gasteiger partial charge is 0.444 e. The van der Waals surface area contributed by atoms with E-state index in [1.807, 2.05) is 20.8 Å². The third-order valence-electron chi connectivity index (χ3n) is 8.76. The molecule has 260 valence electrons. The fourth-order valence-electron chi connectivity index (χ4n) is 6.53. The standard InChI is InChI=1S/C37H41F4N5O3/c1-36(2,3)49-35(47)43-27-16-18-45(19-17-27)31-15-13-26(23-42-31)33(29(22-37(39,40)41)24-9-5-4-6-10-24)25-12-14-30-28(21-25)34(38)44-46(30)32-11-7-8-20-48-32/h4-6,9-10,12-15,21,23,27,32H,7-8,11,16-20,22H2,1-3H3,(H,43,47)/b33-29-. The van der Waals surface area contributed by atoms with Crippen LogP contribution >= 0.6 is 0 Å². The quantitative estimate of drug-likeness (QED) is 0.156. The first-order valence-corrected chi connectivity index (χ1v) is 16.7. The van der Waals surface area contributed by atoms with Gasteiger partial charge in [-0.2, -0.15) is 17.6 Å². The van der Waals surface area contributed by atoms with Gasteiger partial charge >= 0.3 is 12.3 Å². The highest BCUT2D eigenvalue weighted by Gasteiger charge is 2.32. The van der Waals surface area contributed by atoms with Gasteiger partial charge in [-0.15, -0.1) is 5.10 Å². The summed E-state index contributed by atoms with van der Waals surface area (Å²) in [7, 11) is 0. The highest BCUT2D eigenvalue weighted by Crippen LogP contribution is 2.41. The van der Waals surface area contributed by atoms with Gasteiger partial charge in [0.25, 0.3) is 0 Å². The molecule has 2 fully saturated rings. The van der Waals surface area contributed by atoms with Crippen LogP contribution in [-0.2, 0) is 9.47 Å². The molecule has 4 heterocycles. The number of pyridine rings is 1. The van der Waals surface area contributed by atoms with Crippen LogP contribution in [0.5, 0.6) is 0 Å². The van der Waals surface area contributed by atoms with E-state index in [0.29, 0.717) is 72.6 Å². The number of piperidine rings is 1. The fourth-order valence-corrected chi connectivity index (χ4v) is 6.53. The monoisotopic (exact) mass is 679 g/mol. The van der Waals surface area contributed by atoms with E-state index in [2.05, 4.69) is 15.3 Å². The van der Waals surface area contributed by atoms with E-state index >= 15 is 4.39 Å². The van der Waals surface area contributed by atoms with Gasteiger partial charge in [-0.25, -0.2) is 14.5 Å². The van der Waals surface area contributed by atoms with E-state index in [1.165, 1.54) is 4.68 Å². The number of fused-ring (bicyclic) bond motifs is 1. The minimum atomic E-state index is -4.51. The summed E-state index contributed by atoms with van der Waals surface area (Å²) in [5, 5.41) is 7.26. The maximum absolute atomic E-state index is 15.4. The minimum Gasteiger partial charge on any atom is -0.444 e. The van der Waals surface area contributed by atoms with Gasteiger partial charge < -0.3 is 19.7 Å². The molecule has 1 atom stereocenters. The first-order chi connectivity index (χ1) is 23.3. The molecule has 8 nitrogen and oxygen atoms in total. The maximum atomic E-state index is 15.4. The predicted molar refractivity (Wildman–Crippen MR) is 180 cm³/mol. The smallest absolute Gasteiger partial charge is 0.407 e. The van der Waals surface area contributed by atoms with E-state index in [-0.39, 0.29) is 17.0 Å². The Morgan fingerprint density at radius 1 is 0.959 bits per heavy atom. The lowest BCUT2D eigenvalue weighted by molar-refractivity contribution is -0.122. The number of nitrogens with zero attached hydrogens (tertiary/aromatic N) is 4. The molecular formula is C37H41F4N5O3. The van der Waals surface area contributed by atoms with Gasteiger partial charge in [0.15, 0.2) is 6.23 Å². The molecule has 2 aromatic heterocycles. The molecular weight excluding hydrogens is 638 g/mol. The van der Waals surface area contributed by atoms with Crippen molar-refractivity contribution in [2.45, 2.75) is 83.3 Å². The zero-order valence-corrected chi connectivity index (χ0v) is 27.9. The van der Waals surface area contributed by atoms with E-state index in [1.54, 1.807) is 66.9 Å². The zero-order valence-electron chi connectivity index (χ0n) is 27.9. The average molecular weight is 680 g/mol. The SMILES string of the molecule is CC(C)(C)OC(=O)NC1CCN(c2ccc(/C(=C(/CC(F)(F)F)c3ccccc3)c3ccc4c(c3)c(F)nn4C3CCCCO3)cn2)CC1. The maximum Gasteiger partial charge on any atom is 0.407 e. The van der Waals surface area contributed by atoms with Gasteiger partial charge in [0.05, 0.1) is 17.3 Å². The number of alkyl halides is 3. The van der Waals surface area contributed by atoms with Crippen LogP contribution in [0, 0.1) is 5.95 Å². The molecule has 1 N–H and O–H groups in total. The van der Waals surface area contributed by atoms with Gasteiger partial charge in [-0.1, -0.05) is 36.4 Å². The lowest BCUT2D eigenvalue weighted by atomic mass is 9.88. The van der Waals surface area contributed by atoms with Crippen LogP contribution in [0.15, 0.2) is 66.9 Å². The van der Waals surface area contributed by atoms with E-state index in [4.69, 9.17) is 14.5 Å². The van der Waals surface area contributed by atoms with Gasteiger partial charge in [0.1, 0.15) is 11.4 Å². The molecule has 6 rings (SSSR count). The Morgan fingerprint density at radius 3 is 2.33 bits per heavy atom. The van der Waals surface area contributed by atoms with Crippen LogP contribution in [0.3, 0.4) is 0 Å². The second-order valence-electron chi connectivity index (χ2n) is 13.6. The van der Waals surface area contributed by atoms with Crippen LogP contribution in [0.25, 0.3) is 22.0 Å². The van der Waals surface area contributed by atoms with E-state index in [9.17, 15) is 18.0 Å². The number of ether oxygens (including phenoxy) is 2. The number of halogens is 4. The molecule has 0 aliphatic carbocycles. The predicted octanol–water partition coefficient (Wildman–Crippen LogP) is 8.67. The van der Waals surface area contributed by atoms with Crippen LogP contribution in [-0.4, -0.2) is 58.4 Å². The summed E-state index contributed by atoms with van der Waals surface area (Å²) in [6, 6.07) is 17.0. The third kappa shape index (κ3) is 8.41. The summed E-state index contributed by atoms with van der Waals surface area (Å²) < 4.78 is 70.9. The Labute approximate surface area is 283 Å². The van der Waals surface area contributed by atoms with Gasteiger partial charge in [-0.05, 0) is 99.4 Å². The van der Waals surface area contributed by atoms with Gasteiger partial charge in [-0.3, -0.25) is 0 Å². The van der Waals surface area contributed by atoms with Crippen molar-refractivity contribution in [3.05, 3.63) is 89.5 Å². The van der Waals surface area contributed by atoms with Crippen molar-refractivity contribution in [1.29, 1.82) is 0 Å². The second-order valence-corrected chi connectivity index (χ2v) is 13.6. The topological polar surface area (TPSA) is 81.5 Å². The summed E-state index contributed by atoms with van der Waals surface area (Å²) in [5.74, 6) is -0.0355. The van der Waals surface area contributed by atoms with E-state index in [0.717, 1.165) is 12.8 Å². The molecule has 0 radical (unpaired) electrons. The molecule has 0 spiro atoms. The van der Waals surface area contributed by atoms with Gasteiger partial charge in [0, 0.05) is 37.5 Å². The van der Waals surface area contributed by atoms with Gasteiger partial charge in [0.2, 0.25) is 5.95 Å². The number of carbonyl (C=O) groups excluding carboxylic acids is 1. The van der Waals surface area contributed by atoms with Crippen molar-refractivity contribution < 1.29 is 31.8 Å². The summed E-state index contributed by atoms with van der Waals surface area (Å²) >= 11 is 0. The van der Waals surface area contributed by atoms with Crippen LogP contribution in [0.1, 0.15) is 82.2 Å². The Bertz CT molecular complexity index is 1790. The number of nitrogens with one attached hydrogen (secondary N) is 1. The minimum absolute atomic E-state index is 0.0416. The molecule has 0 saturated carbocycles. The molecule has 0 bridgehead atoms. The summed E-state index contributed by atoms with van der Waals surface area (Å²) in [6.45, 7) is 7.26. The van der Waals surface area contributed by atoms with Crippen LogP contribution in [0.2, 0.25) is 0 Å². The Hall–Kier alpha value is -4.45. The number of hydrogen-bond acceptors (Lipinski definition) is 6. The second kappa shape index (κ2) is 14.2. The molecule has 49 heavy (non-hydrogen) atoms. The van der Waals surface area contributed by atoms with Crippen molar-refractivity contribution in [2.24, 2.45) is 0 Å².